The number of rotatable bonds is 1. The molecule has 17 heavy (non-hydrogen) atoms. The van der Waals surface area contributed by atoms with Gasteiger partial charge in [-0.05, 0) is 31.6 Å². The van der Waals surface area contributed by atoms with Crippen LogP contribution in [0.5, 0.6) is 0 Å². The fourth-order valence-corrected chi connectivity index (χ4v) is 3.12. The van der Waals surface area contributed by atoms with Gasteiger partial charge in [0.2, 0.25) is 5.76 Å². The maximum atomic E-state index is 12.2. The van der Waals surface area contributed by atoms with Crippen molar-refractivity contribution in [1.29, 1.82) is 0 Å². The topological polar surface area (TPSA) is 72.4 Å². The molecule has 1 saturated carbocycles. The first-order chi connectivity index (χ1) is 8.16. The zero-order valence-corrected chi connectivity index (χ0v) is 9.93. The van der Waals surface area contributed by atoms with Crippen molar-refractivity contribution in [1.82, 2.24) is 9.88 Å². The van der Waals surface area contributed by atoms with Crippen LogP contribution in [0.4, 0.5) is 0 Å². The molecule has 1 amide bonds. The van der Waals surface area contributed by atoms with Crippen LogP contribution in [0.3, 0.4) is 0 Å². The molecule has 2 aliphatic rings. The van der Waals surface area contributed by atoms with E-state index in [9.17, 15) is 4.79 Å². The van der Waals surface area contributed by atoms with Gasteiger partial charge in [0.1, 0.15) is 0 Å². The molecule has 3 atom stereocenters. The Morgan fingerprint density at radius 1 is 1.53 bits per heavy atom. The summed E-state index contributed by atoms with van der Waals surface area (Å²) in [5.41, 5.74) is 6.72. The summed E-state index contributed by atoms with van der Waals surface area (Å²) in [7, 11) is 0. The first-order valence-corrected chi connectivity index (χ1v) is 6.11. The van der Waals surface area contributed by atoms with Crippen LogP contribution in [0.1, 0.15) is 29.1 Å². The predicted molar refractivity (Wildman–Crippen MR) is 61.3 cm³/mol. The molecule has 0 bridgehead atoms. The highest BCUT2D eigenvalue weighted by atomic mass is 16.3. The van der Waals surface area contributed by atoms with Gasteiger partial charge in [-0.15, -0.1) is 0 Å². The van der Waals surface area contributed by atoms with E-state index in [2.05, 4.69) is 4.98 Å². The van der Waals surface area contributed by atoms with Gasteiger partial charge < -0.3 is 15.1 Å². The Balaban J connectivity index is 1.75. The molecule has 1 aromatic heterocycles. The molecule has 1 aliphatic heterocycles. The van der Waals surface area contributed by atoms with E-state index in [-0.39, 0.29) is 11.9 Å². The number of carbonyl (C=O) groups is 1. The van der Waals surface area contributed by atoms with Crippen molar-refractivity contribution in [3.8, 4) is 0 Å². The van der Waals surface area contributed by atoms with Gasteiger partial charge in [-0.2, -0.15) is 0 Å². The molecule has 0 spiro atoms. The number of aromatic nitrogens is 1. The lowest BCUT2D eigenvalue weighted by atomic mass is 9.98. The van der Waals surface area contributed by atoms with Crippen LogP contribution in [-0.2, 0) is 0 Å². The number of amides is 1. The van der Waals surface area contributed by atoms with Crippen LogP contribution in [0.2, 0.25) is 0 Å². The van der Waals surface area contributed by atoms with E-state index >= 15 is 0 Å². The zero-order valence-electron chi connectivity index (χ0n) is 9.93. The minimum absolute atomic E-state index is 0.0402. The van der Waals surface area contributed by atoms with Crippen LogP contribution in [0.25, 0.3) is 0 Å². The van der Waals surface area contributed by atoms with E-state index in [4.69, 9.17) is 10.2 Å². The summed E-state index contributed by atoms with van der Waals surface area (Å²) >= 11 is 0. The predicted octanol–water partition coefficient (Wildman–Crippen LogP) is 0.792. The number of carbonyl (C=O) groups excluding carboxylic acids is 1. The molecule has 5 heteroatoms. The third-order valence-electron chi connectivity index (χ3n) is 4.14. The zero-order chi connectivity index (χ0) is 12.0. The maximum absolute atomic E-state index is 12.2. The van der Waals surface area contributed by atoms with Crippen molar-refractivity contribution in [2.24, 2.45) is 17.6 Å². The number of oxazole rings is 1. The molecule has 1 aromatic rings. The average molecular weight is 235 g/mol. The Hall–Kier alpha value is -1.36. The molecule has 0 aromatic carbocycles. The fourth-order valence-electron chi connectivity index (χ4n) is 3.12. The third-order valence-corrected chi connectivity index (χ3v) is 4.14. The summed E-state index contributed by atoms with van der Waals surface area (Å²) < 4.78 is 5.15. The second kappa shape index (κ2) is 3.84. The van der Waals surface area contributed by atoms with Gasteiger partial charge in [-0.1, -0.05) is 0 Å². The van der Waals surface area contributed by atoms with Crippen molar-refractivity contribution in [2.45, 2.75) is 25.8 Å². The van der Waals surface area contributed by atoms with E-state index in [0.717, 1.165) is 25.9 Å². The van der Waals surface area contributed by atoms with Crippen LogP contribution in [0.15, 0.2) is 10.8 Å². The summed E-state index contributed by atoms with van der Waals surface area (Å²) in [5.74, 6) is 1.39. The lowest BCUT2D eigenvalue weighted by Gasteiger charge is -2.17. The van der Waals surface area contributed by atoms with Crippen LogP contribution < -0.4 is 5.73 Å². The second-order valence-corrected chi connectivity index (χ2v) is 5.14. The molecule has 5 nitrogen and oxygen atoms in total. The Bertz CT molecular complexity index is 443. The summed E-state index contributed by atoms with van der Waals surface area (Å²) in [6.07, 6.45) is 3.56. The quantitative estimate of drug-likeness (QED) is 0.781. The normalized spacial score (nSPS) is 31.9. The van der Waals surface area contributed by atoms with E-state index < -0.39 is 0 Å². The van der Waals surface area contributed by atoms with Crippen molar-refractivity contribution >= 4 is 5.91 Å². The highest BCUT2D eigenvalue weighted by molar-refractivity contribution is 5.92. The van der Waals surface area contributed by atoms with Gasteiger partial charge in [0.05, 0.1) is 5.69 Å². The summed E-state index contributed by atoms with van der Waals surface area (Å²) in [5, 5.41) is 0. The molecule has 2 heterocycles. The number of likely N-dealkylation sites (tertiary alicyclic amines) is 1. The van der Waals surface area contributed by atoms with Gasteiger partial charge in [-0.25, -0.2) is 4.98 Å². The smallest absolute Gasteiger partial charge is 0.291 e. The molecular formula is C12H17N3O2. The second-order valence-electron chi connectivity index (χ2n) is 5.14. The van der Waals surface area contributed by atoms with Gasteiger partial charge in [0.25, 0.3) is 5.91 Å². The molecule has 3 rings (SSSR count). The molecule has 2 N–H and O–H groups in total. The number of nitrogens with zero attached hydrogens (tertiary/aromatic N) is 2. The first-order valence-electron chi connectivity index (χ1n) is 6.11. The Kier molecular flexibility index (Phi) is 2.43. The largest absolute Gasteiger partial charge is 0.438 e. The Labute approximate surface area is 100.0 Å². The summed E-state index contributed by atoms with van der Waals surface area (Å²) in [6, 6.07) is 0.258. The summed E-state index contributed by atoms with van der Waals surface area (Å²) in [6.45, 7) is 3.38. The minimum Gasteiger partial charge on any atom is -0.438 e. The number of aryl methyl sites for hydroxylation is 1. The number of hydrogen-bond donors (Lipinski definition) is 1. The first kappa shape index (κ1) is 10.8. The molecule has 2 fully saturated rings. The molecular weight excluding hydrogens is 218 g/mol. The van der Waals surface area contributed by atoms with Crippen LogP contribution >= 0.6 is 0 Å². The average Bonchev–Trinajstić information content (AvgIpc) is 2.96. The molecule has 3 unspecified atom stereocenters. The number of nitrogens with two attached hydrogens (primary N) is 1. The fraction of sp³-hybridized carbons (Fsp3) is 0.667. The van der Waals surface area contributed by atoms with Crippen molar-refractivity contribution in [2.75, 3.05) is 13.1 Å². The highest BCUT2D eigenvalue weighted by Gasteiger charge is 2.43. The van der Waals surface area contributed by atoms with Crippen LogP contribution in [-0.4, -0.2) is 34.9 Å². The van der Waals surface area contributed by atoms with Crippen molar-refractivity contribution in [3.05, 3.63) is 17.8 Å². The van der Waals surface area contributed by atoms with Gasteiger partial charge >= 0.3 is 0 Å². The van der Waals surface area contributed by atoms with Gasteiger partial charge in [0, 0.05) is 19.1 Å². The lowest BCUT2D eigenvalue weighted by Crippen LogP contribution is -2.33. The minimum atomic E-state index is -0.0402. The van der Waals surface area contributed by atoms with Crippen molar-refractivity contribution in [3.63, 3.8) is 0 Å². The Morgan fingerprint density at radius 3 is 3.00 bits per heavy atom. The number of fused-ring (bicyclic) bond motifs is 1. The third kappa shape index (κ3) is 1.65. The maximum Gasteiger partial charge on any atom is 0.291 e. The summed E-state index contributed by atoms with van der Waals surface area (Å²) in [4.78, 5) is 18.0. The SMILES string of the molecule is Cc1ncoc1C(=O)N1CC2CCC(N)C2C1. The highest BCUT2D eigenvalue weighted by Crippen LogP contribution is 2.37. The molecule has 1 saturated heterocycles. The van der Waals surface area contributed by atoms with Crippen molar-refractivity contribution < 1.29 is 9.21 Å². The molecule has 1 aliphatic carbocycles. The number of hydrogen-bond acceptors (Lipinski definition) is 4. The van der Waals surface area contributed by atoms with E-state index in [0.29, 0.717) is 23.3 Å². The molecule has 0 radical (unpaired) electrons. The van der Waals surface area contributed by atoms with E-state index in [1.165, 1.54) is 6.39 Å². The van der Waals surface area contributed by atoms with Gasteiger partial charge in [0.15, 0.2) is 6.39 Å². The van der Waals surface area contributed by atoms with E-state index in [1.54, 1.807) is 6.92 Å². The van der Waals surface area contributed by atoms with Gasteiger partial charge in [-0.3, -0.25) is 4.79 Å². The monoisotopic (exact) mass is 235 g/mol. The van der Waals surface area contributed by atoms with E-state index in [1.807, 2.05) is 4.90 Å². The van der Waals surface area contributed by atoms with Crippen LogP contribution in [0, 0.1) is 18.8 Å². The lowest BCUT2D eigenvalue weighted by molar-refractivity contribution is 0.0747. The Morgan fingerprint density at radius 2 is 2.35 bits per heavy atom. The molecule has 92 valence electrons. The standard InChI is InChI=1S/C12H17N3O2/c1-7-11(17-6-14-7)12(16)15-4-8-2-3-10(13)9(8)5-15/h6,8-10H,2-5,13H2,1H3.